The number of thiophene rings is 1. The standard InChI is InChI=1S/C19H27N3OS.HI/c1-15(13-17-8-6-12-24-17)14-22-19(20-2)21-11-10-16-7-4-5-9-18(16)23-3;/h4-9,12,15H,10-11,13-14H2,1-3H3,(H2,20,21,22);1H. The van der Waals surface area contributed by atoms with E-state index in [4.69, 9.17) is 4.74 Å². The van der Waals surface area contributed by atoms with E-state index < -0.39 is 0 Å². The molecule has 1 aromatic heterocycles. The minimum Gasteiger partial charge on any atom is -0.496 e. The van der Waals surface area contributed by atoms with E-state index in [0.29, 0.717) is 5.92 Å². The maximum absolute atomic E-state index is 5.39. The molecule has 0 saturated heterocycles. The fourth-order valence-electron chi connectivity index (χ4n) is 2.56. The van der Waals surface area contributed by atoms with E-state index in [1.54, 1.807) is 7.11 Å². The average molecular weight is 473 g/mol. The summed E-state index contributed by atoms with van der Waals surface area (Å²) in [6.45, 7) is 3.99. The third-order valence-corrected chi connectivity index (χ3v) is 4.75. The maximum Gasteiger partial charge on any atom is 0.190 e. The predicted octanol–water partition coefficient (Wildman–Crippen LogP) is 3.96. The molecule has 2 aromatic rings. The smallest absolute Gasteiger partial charge is 0.190 e. The van der Waals surface area contributed by atoms with E-state index in [1.165, 1.54) is 10.4 Å². The van der Waals surface area contributed by atoms with Crippen molar-refractivity contribution in [1.82, 2.24) is 10.6 Å². The van der Waals surface area contributed by atoms with E-state index >= 15 is 0 Å². The van der Waals surface area contributed by atoms with Crippen LogP contribution in [0.25, 0.3) is 0 Å². The molecule has 25 heavy (non-hydrogen) atoms. The molecule has 0 bridgehead atoms. The fourth-order valence-corrected chi connectivity index (χ4v) is 3.43. The Labute approximate surface area is 172 Å². The van der Waals surface area contributed by atoms with Crippen LogP contribution < -0.4 is 15.4 Å². The van der Waals surface area contributed by atoms with Crippen molar-refractivity contribution in [1.29, 1.82) is 0 Å². The van der Waals surface area contributed by atoms with Gasteiger partial charge in [-0.05, 0) is 41.8 Å². The van der Waals surface area contributed by atoms with Crippen molar-refractivity contribution in [3.8, 4) is 5.75 Å². The van der Waals surface area contributed by atoms with Crippen LogP contribution in [-0.4, -0.2) is 33.2 Å². The number of rotatable bonds is 8. The maximum atomic E-state index is 5.39. The summed E-state index contributed by atoms with van der Waals surface area (Å²) in [5.74, 6) is 2.35. The third kappa shape index (κ3) is 7.64. The zero-order valence-corrected chi connectivity index (χ0v) is 18.3. The van der Waals surface area contributed by atoms with Gasteiger partial charge >= 0.3 is 0 Å². The summed E-state index contributed by atoms with van der Waals surface area (Å²) in [5.41, 5.74) is 1.20. The quantitative estimate of drug-likeness (QED) is 0.347. The number of aliphatic imine (C=N–C) groups is 1. The summed E-state index contributed by atoms with van der Waals surface area (Å²) in [4.78, 5) is 5.73. The summed E-state index contributed by atoms with van der Waals surface area (Å²) in [5, 5.41) is 8.91. The van der Waals surface area contributed by atoms with Crippen LogP contribution in [0.1, 0.15) is 17.4 Å². The van der Waals surface area contributed by atoms with Crippen LogP contribution in [0.15, 0.2) is 46.8 Å². The highest BCUT2D eigenvalue weighted by Gasteiger charge is 2.06. The number of guanidine groups is 1. The lowest BCUT2D eigenvalue weighted by Crippen LogP contribution is -2.40. The van der Waals surface area contributed by atoms with Crippen molar-refractivity contribution in [2.45, 2.75) is 19.8 Å². The van der Waals surface area contributed by atoms with E-state index in [-0.39, 0.29) is 24.0 Å². The largest absolute Gasteiger partial charge is 0.496 e. The average Bonchev–Trinajstić information content (AvgIpc) is 3.11. The Hall–Kier alpha value is -1.28. The number of para-hydroxylation sites is 1. The number of halogens is 1. The van der Waals surface area contributed by atoms with Crippen LogP contribution in [0.3, 0.4) is 0 Å². The highest BCUT2D eigenvalue weighted by molar-refractivity contribution is 14.0. The Balaban J connectivity index is 0.00000312. The second-order valence-corrected chi connectivity index (χ2v) is 6.86. The number of hydrogen-bond acceptors (Lipinski definition) is 3. The molecular formula is C19H28IN3OS. The molecule has 0 aliphatic heterocycles. The first kappa shape index (κ1) is 21.8. The molecule has 0 spiro atoms. The first-order valence-electron chi connectivity index (χ1n) is 8.31. The van der Waals surface area contributed by atoms with Crippen LogP contribution in [0.2, 0.25) is 0 Å². The molecular weight excluding hydrogens is 445 g/mol. The van der Waals surface area contributed by atoms with Crippen LogP contribution in [-0.2, 0) is 12.8 Å². The Bertz CT molecular complexity index is 631. The summed E-state index contributed by atoms with van der Waals surface area (Å²) in [6.07, 6.45) is 2.00. The number of nitrogens with zero attached hydrogens (tertiary/aromatic N) is 1. The normalized spacial score (nSPS) is 12.2. The van der Waals surface area contributed by atoms with Crippen molar-refractivity contribution in [3.63, 3.8) is 0 Å². The summed E-state index contributed by atoms with van der Waals surface area (Å²) < 4.78 is 5.39. The Morgan fingerprint density at radius 3 is 2.68 bits per heavy atom. The number of methoxy groups -OCH3 is 1. The van der Waals surface area contributed by atoms with Crippen molar-refractivity contribution in [3.05, 3.63) is 52.2 Å². The van der Waals surface area contributed by atoms with E-state index in [2.05, 4.69) is 46.1 Å². The predicted molar refractivity (Wildman–Crippen MR) is 119 cm³/mol. The van der Waals surface area contributed by atoms with Gasteiger partial charge < -0.3 is 15.4 Å². The van der Waals surface area contributed by atoms with E-state index in [0.717, 1.165) is 37.6 Å². The van der Waals surface area contributed by atoms with Gasteiger partial charge in [0.1, 0.15) is 5.75 Å². The van der Waals surface area contributed by atoms with Gasteiger partial charge in [-0.25, -0.2) is 0 Å². The lowest BCUT2D eigenvalue weighted by atomic mass is 10.1. The molecule has 0 amide bonds. The van der Waals surface area contributed by atoms with Gasteiger partial charge in [0.15, 0.2) is 5.96 Å². The van der Waals surface area contributed by atoms with Gasteiger partial charge in [0.25, 0.3) is 0 Å². The monoisotopic (exact) mass is 473 g/mol. The van der Waals surface area contributed by atoms with E-state index in [1.807, 2.05) is 36.6 Å². The Kier molecular flexibility index (Phi) is 10.6. The highest BCUT2D eigenvalue weighted by atomic mass is 127. The van der Waals surface area contributed by atoms with Crippen LogP contribution in [0.5, 0.6) is 5.75 Å². The molecule has 4 nitrogen and oxygen atoms in total. The number of benzene rings is 1. The molecule has 0 aliphatic carbocycles. The summed E-state index contributed by atoms with van der Waals surface area (Å²) in [6, 6.07) is 12.4. The minimum atomic E-state index is 0. The van der Waals surface area contributed by atoms with Crippen molar-refractivity contribution < 1.29 is 4.74 Å². The molecule has 1 heterocycles. The summed E-state index contributed by atoms with van der Waals surface area (Å²) >= 11 is 1.82. The molecule has 2 rings (SSSR count). The minimum absolute atomic E-state index is 0. The lowest BCUT2D eigenvalue weighted by molar-refractivity contribution is 0.409. The second kappa shape index (κ2) is 12.1. The van der Waals surface area contributed by atoms with Gasteiger partial charge in [0, 0.05) is 25.0 Å². The third-order valence-electron chi connectivity index (χ3n) is 3.85. The van der Waals surface area contributed by atoms with Crippen molar-refractivity contribution in [2.24, 2.45) is 10.9 Å². The number of nitrogens with one attached hydrogen (secondary N) is 2. The zero-order valence-electron chi connectivity index (χ0n) is 15.1. The van der Waals surface area contributed by atoms with Gasteiger partial charge in [-0.2, -0.15) is 0 Å². The first-order chi connectivity index (χ1) is 11.7. The molecule has 138 valence electrons. The number of hydrogen-bond donors (Lipinski definition) is 2. The molecule has 0 fully saturated rings. The Morgan fingerprint density at radius 1 is 1.20 bits per heavy atom. The second-order valence-electron chi connectivity index (χ2n) is 5.83. The molecule has 1 unspecified atom stereocenters. The highest BCUT2D eigenvalue weighted by Crippen LogP contribution is 2.17. The lowest BCUT2D eigenvalue weighted by Gasteiger charge is -2.16. The SMILES string of the molecule is CN=C(NCCc1ccccc1OC)NCC(C)Cc1cccs1.I. The van der Waals surface area contributed by atoms with Gasteiger partial charge in [0.2, 0.25) is 0 Å². The first-order valence-corrected chi connectivity index (χ1v) is 9.19. The van der Waals surface area contributed by atoms with E-state index in [9.17, 15) is 0 Å². The van der Waals surface area contributed by atoms with Gasteiger partial charge in [-0.1, -0.05) is 31.2 Å². The van der Waals surface area contributed by atoms with Crippen LogP contribution in [0.4, 0.5) is 0 Å². The summed E-state index contributed by atoms with van der Waals surface area (Å²) in [7, 11) is 3.52. The van der Waals surface area contributed by atoms with Crippen molar-refractivity contribution >= 4 is 41.3 Å². The van der Waals surface area contributed by atoms with Gasteiger partial charge in [0.05, 0.1) is 7.11 Å². The van der Waals surface area contributed by atoms with Crippen LogP contribution in [0, 0.1) is 5.92 Å². The molecule has 0 radical (unpaired) electrons. The molecule has 1 atom stereocenters. The molecule has 1 aromatic carbocycles. The zero-order chi connectivity index (χ0) is 17.2. The Morgan fingerprint density at radius 2 is 2.00 bits per heavy atom. The molecule has 0 saturated carbocycles. The van der Waals surface area contributed by atoms with Gasteiger partial charge in [-0.15, -0.1) is 35.3 Å². The number of ether oxygens (including phenoxy) is 1. The van der Waals surface area contributed by atoms with Crippen LogP contribution >= 0.6 is 35.3 Å². The van der Waals surface area contributed by atoms with Crippen molar-refractivity contribution in [2.75, 3.05) is 27.2 Å². The molecule has 0 aliphatic rings. The van der Waals surface area contributed by atoms with Gasteiger partial charge in [-0.3, -0.25) is 4.99 Å². The fraction of sp³-hybridized carbons (Fsp3) is 0.421. The topological polar surface area (TPSA) is 45.7 Å². The molecule has 2 N–H and O–H groups in total. The molecule has 6 heteroatoms.